The third kappa shape index (κ3) is 8.51. The SMILES string of the molecule is Fc1c(Cl)ccnc1Cl.[C-]#[N+]c1ccc(N)c(F)c1.[C-]#[N+]c1ccc(Nc2nccc(Cl)c2F)c(F)c1. The van der Waals surface area contributed by atoms with Gasteiger partial charge in [-0.15, -0.1) is 0 Å². The van der Waals surface area contributed by atoms with Crippen LogP contribution in [0.3, 0.4) is 0 Å². The molecule has 0 saturated heterocycles. The van der Waals surface area contributed by atoms with Crippen LogP contribution in [0.1, 0.15) is 0 Å². The molecule has 0 aliphatic carbocycles. The topological polar surface area (TPSA) is 72.5 Å². The number of nitrogens with one attached hydrogen (secondary N) is 1. The van der Waals surface area contributed by atoms with E-state index in [1.165, 1.54) is 48.8 Å². The van der Waals surface area contributed by atoms with E-state index in [0.29, 0.717) is 0 Å². The predicted molar refractivity (Wildman–Crippen MR) is 136 cm³/mol. The van der Waals surface area contributed by atoms with Gasteiger partial charge in [0.25, 0.3) is 0 Å². The van der Waals surface area contributed by atoms with E-state index in [1.807, 2.05) is 0 Å². The maximum atomic E-state index is 13.6. The number of hydrogen-bond donors (Lipinski definition) is 2. The van der Waals surface area contributed by atoms with Crippen molar-refractivity contribution in [1.29, 1.82) is 0 Å². The Morgan fingerprint density at radius 1 is 0.730 bits per heavy atom. The quantitative estimate of drug-likeness (QED) is 0.110. The summed E-state index contributed by atoms with van der Waals surface area (Å²) in [5, 5.41) is 2.18. The van der Waals surface area contributed by atoms with Gasteiger partial charge in [0, 0.05) is 12.4 Å². The minimum absolute atomic E-state index is 0.00463. The smallest absolute Gasteiger partial charge is 0.190 e. The molecule has 6 nitrogen and oxygen atoms in total. The van der Waals surface area contributed by atoms with Crippen molar-refractivity contribution in [2.45, 2.75) is 0 Å². The number of aromatic nitrogens is 2. The van der Waals surface area contributed by atoms with Crippen LogP contribution < -0.4 is 11.1 Å². The van der Waals surface area contributed by atoms with Crippen LogP contribution in [0.15, 0.2) is 60.9 Å². The zero-order chi connectivity index (χ0) is 27.5. The summed E-state index contributed by atoms with van der Waals surface area (Å²) in [5.74, 6) is -2.79. The first-order chi connectivity index (χ1) is 17.6. The summed E-state index contributed by atoms with van der Waals surface area (Å²) in [6.07, 6.45) is 2.65. The van der Waals surface area contributed by atoms with E-state index >= 15 is 0 Å². The zero-order valence-electron chi connectivity index (χ0n) is 18.3. The summed E-state index contributed by atoms with van der Waals surface area (Å²) in [6, 6.07) is 10.4. The molecule has 0 saturated carbocycles. The Labute approximate surface area is 223 Å². The number of anilines is 3. The van der Waals surface area contributed by atoms with Crippen LogP contribution in [0.25, 0.3) is 9.69 Å². The second kappa shape index (κ2) is 13.9. The molecule has 4 aromatic rings. The van der Waals surface area contributed by atoms with Gasteiger partial charge in [0.2, 0.25) is 0 Å². The van der Waals surface area contributed by atoms with Gasteiger partial charge in [-0.05, 0) is 36.4 Å². The van der Waals surface area contributed by atoms with E-state index in [-0.39, 0.29) is 43.8 Å². The lowest BCUT2D eigenvalue weighted by Crippen LogP contribution is -1.99. The molecule has 2 aromatic carbocycles. The molecule has 4 rings (SSSR count). The van der Waals surface area contributed by atoms with Gasteiger partial charge in [0.05, 0.1) is 34.6 Å². The van der Waals surface area contributed by atoms with Gasteiger partial charge in [-0.2, -0.15) is 0 Å². The standard InChI is InChI=1S/C12H6ClF2N3.C7H5FN2.C5H2Cl2FN/c1-16-7-2-3-10(9(14)6-7)18-12-11(15)8(13)4-5-17-12;1-10-5-2-3-7(9)6(8)4-5;6-3-1-2-9-5(7)4(3)8/h2-6H,(H,17,18);2-4H,9H2;1-2H. The summed E-state index contributed by atoms with van der Waals surface area (Å²) in [4.78, 5) is 13.3. The highest BCUT2D eigenvalue weighted by Crippen LogP contribution is 2.27. The van der Waals surface area contributed by atoms with Gasteiger partial charge in [-0.3, -0.25) is 0 Å². The van der Waals surface area contributed by atoms with E-state index in [1.54, 1.807) is 0 Å². The molecule has 0 fully saturated rings. The van der Waals surface area contributed by atoms with E-state index in [4.69, 9.17) is 53.7 Å². The second-order valence-electron chi connectivity index (χ2n) is 6.57. The lowest BCUT2D eigenvalue weighted by molar-refractivity contribution is 0.622. The monoisotopic (exact) mass is 566 g/mol. The molecule has 2 aromatic heterocycles. The average Bonchev–Trinajstić information content (AvgIpc) is 2.88. The lowest BCUT2D eigenvalue weighted by Gasteiger charge is -2.08. The Morgan fingerprint density at radius 2 is 1.27 bits per heavy atom. The van der Waals surface area contributed by atoms with Crippen molar-refractivity contribution in [2.24, 2.45) is 0 Å². The molecular weight excluding hydrogens is 555 g/mol. The molecule has 0 spiro atoms. The maximum absolute atomic E-state index is 13.6. The number of nitrogen functional groups attached to an aromatic ring is 1. The minimum atomic E-state index is -0.757. The second-order valence-corrected chi connectivity index (χ2v) is 7.74. The van der Waals surface area contributed by atoms with Crippen molar-refractivity contribution >= 4 is 63.4 Å². The molecule has 2 heterocycles. The van der Waals surface area contributed by atoms with Crippen molar-refractivity contribution in [3.8, 4) is 0 Å². The Bertz CT molecular complexity index is 1470. The van der Waals surface area contributed by atoms with Crippen LogP contribution in [0.2, 0.25) is 15.2 Å². The van der Waals surface area contributed by atoms with Gasteiger partial charge in [-0.25, -0.2) is 37.2 Å². The fourth-order valence-corrected chi connectivity index (χ4v) is 2.79. The first kappa shape index (κ1) is 29.1. The fourth-order valence-electron chi connectivity index (χ4n) is 2.29. The normalized spacial score (nSPS) is 9.54. The highest BCUT2D eigenvalue weighted by molar-refractivity contribution is 6.34. The summed E-state index contributed by atoms with van der Waals surface area (Å²) in [5.41, 5.74) is 5.70. The highest BCUT2D eigenvalue weighted by Gasteiger charge is 2.10. The lowest BCUT2D eigenvalue weighted by atomic mass is 10.2. The van der Waals surface area contributed by atoms with Crippen LogP contribution in [0.4, 0.5) is 46.1 Å². The molecule has 3 N–H and O–H groups in total. The van der Waals surface area contributed by atoms with E-state index in [9.17, 15) is 17.6 Å². The molecule has 0 aliphatic rings. The molecule has 0 radical (unpaired) electrons. The molecular formula is C24H13Cl3F4N6. The van der Waals surface area contributed by atoms with Crippen molar-refractivity contribution < 1.29 is 17.6 Å². The number of rotatable bonds is 2. The Balaban J connectivity index is 0.000000214. The maximum Gasteiger partial charge on any atom is 0.190 e. The average molecular weight is 568 g/mol. The van der Waals surface area contributed by atoms with Crippen LogP contribution in [0, 0.1) is 36.4 Å². The van der Waals surface area contributed by atoms with Crippen LogP contribution >= 0.6 is 34.8 Å². The van der Waals surface area contributed by atoms with Gasteiger partial charge < -0.3 is 11.1 Å². The number of benzene rings is 2. The highest BCUT2D eigenvalue weighted by atomic mass is 35.5. The largest absolute Gasteiger partial charge is 0.396 e. The Hall–Kier alpha value is -4.09. The molecule has 0 amide bonds. The van der Waals surface area contributed by atoms with E-state index in [2.05, 4.69) is 25.0 Å². The summed E-state index contributed by atoms with van der Waals surface area (Å²) >= 11 is 16.1. The number of nitrogens with zero attached hydrogens (tertiary/aromatic N) is 4. The molecule has 13 heteroatoms. The first-order valence-electron chi connectivity index (χ1n) is 9.69. The third-order valence-corrected chi connectivity index (χ3v) is 4.94. The van der Waals surface area contributed by atoms with E-state index in [0.717, 1.165) is 12.1 Å². The fraction of sp³-hybridized carbons (Fsp3) is 0. The Morgan fingerprint density at radius 3 is 1.78 bits per heavy atom. The van der Waals surface area contributed by atoms with Gasteiger partial charge in [-0.1, -0.05) is 46.9 Å². The van der Waals surface area contributed by atoms with Crippen molar-refractivity contribution in [3.63, 3.8) is 0 Å². The van der Waals surface area contributed by atoms with Crippen LogP contribution in [0.5, 0.6) is 0 Å². The van der Waals surface area contributed by atoms with Crippen molar-refractivity contribution in [1.82, 2.24) is 9.97 Å². The number of halogens is 7. The molecule has 188 valence electrons. The zero-order valence-corrected chi connectivity index (χ0v) is 20.6. The number of hydrogen-bond acceptors (Lipinski definition) is 4. The molecule has 0 bridgehead atoms. The van der Waals surface area contributed by atoms with Crippen LogP contribution in [-0.4, -0.2) is 9.97 Å². The van der Waals surface area contributed by atoms with Gasteiger partial charge in [0.1, 0.15) is 11.6 Å². The number of nitrogens with two attached hydrogens (primary N) is 1. The van der Waals surface area contributed by atoms with Crippen molar-refractivity contribution in [2.75, 3.05) is 11.1 Å². The van der Waals surface area contributed by atoms with E-state index < -0.39 is 23.3 Å². The van der Waals surface area contributed by atoms with Crippen LogP contribution in [-0.2, 0) is 0 Å². The summed E-state index contributed by atoms with van der Waals surface area (Å²) in [6.45, 7) is 13.3. The third-order valence-electron chi connectivity index (χ3n) is 4.09. The molecule has 0 atom stereocenters. The molecule has 37 heavy (non-hydrogen) atoms. The molecule has 0 aliphatic heterocycles. The Kier molecular flexibility index (Phi) is 10.9. The predicted octanol–water partition coefficient (Wildman–Crippen LogP) is 8.79. The van der Waals surface area contributed by atoms with Gasteiger partial charge in [0.15, 0.2) is 34.0 Å². The van der Waals surface area contributed by atoms with Gasteiger partial charge >= 0.3 is 0 Å². The first-order valence-corrected chi connectivity index (χ1v) is 10.8. The summed E-state index contributed by atoms with van der Waals surface area (Å²) < 4.78 is 52.0. The molecule has 0 unspecified atom stereocenters. The minimum Gasteiger partial charge on any atom is -0.396 e. The van der Waals surface area contributed by atoms with Crippen molar-refractivity contribution in [3.05, 3.63) is 122 Å². The number of pyridine rings is 2. The summed E-state index contributed by atoms with van der Waals surface area (Å²) in [7, 11) is 0.